The molecule has 1 aromatic rings. The third-order valence-electron chi connectivity index (χ3n) is 1.93. The van der Waals surface area contributed by atoms with Crippen LogP contribution >= 0.6 is 0 Å². The molecular formula is C10H12O3. The van der Waals surface area contributed by atoms with Gasteiger partial charge in [-0.2, -0.15) is 0 Å². The maximum atomic E-state index is 10.5. The Hall–Kier alpha value is -1.19. The molecule has 0 aliphatic carbocycles. The van der Waals surface area contributed by atoms with Crippen molar-refractivity contribution in [1.82, 2.24) is 0 Å². The van der Waals surface area contributed by atoms with E-state index in [2.05, 4.69) is 0 Å². The number of benzene rings is 1. The summed E-state index contributed by atoms with van der Waals surface area (Å²) in [7, 11) is 0. The topological polar surface area (TPSA) is 57.5 Å². The molecule has 0 saturated carbocycles. The number of aliphatic hydroxyl groups excluding tert-OH is 1. The Morgan fingerprint density at radius 3 is 2.15 bits per heavy atom. The van der Waals surface area contributed by atoms with Gasteiger partial charge < -0.3 is 15.0 Å². The predicted molar refractivity (Wildman–Crippen MR) is 48.2 cm³/mol. The molecule has 70 valence electrons. The van der Waals surface area contributed by atoms with Crippen LogP contribution in [-0.4, -0.2) is 22.8 Å². The van der Waals surface area contributed by atoms with Crippen molar-refractivity contribution in [3.8, 4) is 0 Å². The van der Waals surface area contributed by atoms with Gasteiger partial charge in [-0.05, 0) is 12.5 Å². The highest BCUT2D eigenvalue weighted by Crippen LogP contribution is 2.16. The van der Waals surface area contributed by atoms with Gasteiger partial charge >= 0.3 is 0 Å². The van der Waals surface area contributed by atoms with E-state index >= 15 is 0 Å². The maximum Gasteiger partial charge on any atom is 0.165 e. The quantitative estimate of drug-likeness (QED) is 0.528. The Morgan fingerprint density at radius 1 is 1.23 bits per heavy atom. The van der Waals surface area contributed by atoms with Crippen molar-refractivity contribution in [3.63, 3.8) is 0 Å². The molecule has 0 saturated heterocycles. The van der Waals surface area contributed by atoms with Gasteiger partial charge in [-0.1, -0.05) is 29.8 Å². The lowest BCUT2D eigenvalue weighted by atomic mass is 9.99. The molecule has 1 aromatic carbocycles. The zero-order chi connectivity index (χ0) is 9.84. The minimum atomic E-state index is -1.62. The first-order valence-corrected chi connectivity index (χ1v) is 4.03. The summed E-state index contributed by atoms with van der Waals surface area (Å²) in [5.74, 6) is -0.847. The summed E-state index contributed by atoms with van der Waals surface area (Å²) in [6, 6.07) is 7.09. The lowest BCUT2D eigenvalue weighted by Gasteiger charge is -2.12. The molecule has 0 aromatic heterocycles. The first kappa shape index (κ1) is 9.89. The van der Waals surface area contributed by atoms with E-state index in [1.807, 2.05) is 19.1 Å². The van der Waals surface area contributed by atoms with Crippen molar-refractivity contribution in [3.05, 3.63) is 35.4 Å². The van der Waals surface area contributed by atoms with Gasteiger partial charge in [-0.3, -0.25) is 0 Å². The van der Waals surface area contributed by atoms with Crippen molar-refractivity contribution < 1.29 is 15.0 Å². The summed E-state index contributed by atoms with van der Waals surface area (Å²) in [5, 5.41) is 17.7. The molecule has 0 fully saturated rings. The molecule has 0 aliphatic rings. The number of carbonyl (C=O) groups is 1. The van der Waals surface area contributed by atoms with Crippen LogP contribution in [0.5, 0.6) is 0 Å². The first-order chi connectivity index (χ1) is 6.15. The molecule has 0 spiro atoms. The number of hydrogen-bond donors (Lipinski definition) is 2. The van der Waals surface area contributed by atoms with Crippen molar-refractivity contribution >= 4 is 6.29 Å². The standard InChI is InChI=1S/C10H12O3/c1-7-2-4-8(5-3-7)9(6-11)10(12)13/h2-6,9-10,12-13H,1H3. The van der Waals surface area contributed by atoms with Crippen LogP contribution < -0.4 is 0 Å². The van der Waals surface area contributed by atoms with Gasteiger partial charge in [0.1, 0.15) is 6.29 Å². The fraction of sp³-hybridized carbons (Fsp3) is 0.300. The molecule has 2 N–H and O–H groups in total. The first-order valence-electron chi connectivity index (χ1n) is 4.03. The average Bonchev–Trinajstić information content (AvgIpc) is 2.09. The Balaban J connectivity index is 2.92. The summed E-state index contributed by atoms with van der Waals surface area (Å²) >= 11 is 0. The molecule has 0 bridgehead atoms. The van der Waals surface area contributed by atoms with Gasteiger partial charge in [0.15, 0.2) is 6.29 Å². The second kappa shape index (κ2) is 4.16. The number of aldehydes is 1. The highest BCUT2D eigenvalue weighted by Gasteiger charge is 2.17. The van der Waals surface area contributed by atoms with Crippen LogP contribution in [0.1, 0.15) is 17.0 Å². The molecule has 3 nitrogen and oxygen atoms in total. The smallest absolute Gasteiger partial charge is 0.165 e. The lowest BCUT2D eigenvalue weighted by molar-refractivity contribution is -0.120. The number of hydrogen-bond acceptors (Lipinski definition) is 3. The van der Waals surface area contributed by atoms with E-state index in [-0.39, 0.29) is 0 Å². The van der Waals surface area contributed by atoms with Crippen molar-refractivity contribution in [2.45, 2.75) is 19.1 Å². The molecule has 0 amide bonds. The predicted octanol–water partition coefficient (Wildman–Crippen LogP) is 0.588. The van der Waals surface area contributed by atoms with Crippen LogP contribution in [0.25, 0.3) is 0 Å². The van der Waals surface area contributed by atoms with Crippen LogP contribution in [0.15, 0.2) is 24.3 Å². The van der Waals surface area contributed by atoms with E-state index in [1.165, 1.54) is 0 Å². The van der Waals surface area contributed by atoms with E-state index in [0.29, 0.717) is 11.8 Å². The minimum Gasteiger partial charge on any atom is -0.367 e. The van der Waals surface area contributed by atoms with E-state index in [9.17, 15) is 4.79 Å². The zero-order valence-electron chi connectivity index (χ0n) is 7.34. The molecule has 1 atom stereocenters. The van der Waals surface area contributed by atoms with Crippen LogP contribution in [0.3, 0.4) is 0 Å². The van der Waals surface area contributed by atoms with Gasteiger partial charge in [0, 0.05) is 0 Å². The van der Waals surface area contributed by atoms with E-state index in [4.69, 9.17) is 10.2 Å². The average molecular weight is 180 g/mol. The van der Waals surface area contributed by atoms with Crippen molar-refractivity contribution in [1.29, 1.82) is 0 Å². The van der Waals surface area contributed by atoms with Gasteiger partial charge in [0.2, 0.25) is 0 Å². The van der Waals surface area contributed by atoms with Crippen molar-refractivity contribution in [2.75, 3.05) is 0 Å². The zero-order valence-corrected chi connectivity index (χ0v) is 7.34. The summed E-state index contributed by atoms with van der Waals surface area (Å²) in [6.07, 6.45) is -1.09. The third kappa shape index (κ3) is 2.37. The van der Waals surface area contributed by atoms with E-state index in [1.54, 1.807) is 12.1 Å². The molecule has 0 radical (unpaired) electrons. The summed E-state index contributed by atoms with van der Waals surface area (Å²) in [6.45, 7) is 1.93. The van der Waals surface area contributed by atoms with Crippen LogP contribution in [-0.2, 0) is 4.79 Å². The van der Waals surface area contributed by atoms with Gasteiger partial charge in [-0.25, -0.2) is 0 Å². The van der Waals surface area contributed by atoms with Gasteiger partial charge in [0.25, 0.3) is 0 Å². The minimum absolute atomic E-state index is 0.537. The van der Waals surface area contributed by atoms with Crippen molar-refractivity contribution in [2.24, 2.45) is 0 Å². The highest BCUT2D eigenvalue weighted by molar-refractivity contribution is 5.62. The number of aryl methyl sites for hydroxylation is 1. The van der Waals surface area contributed by atoms with Crippen LogP contribution in [0, 0.1) is 6.92 Å². The molecule has 13 heavy (non-hydrogen) atoms. The third-order valence-corrected chi connectivity index (χ3v) is 1.93. The van der Waals surface area contributed by atoms with Gasteiger partial charge in [-0.15, -0.1) is 0 Å². The Bertz CT molecular complexity index is 277. The van der Waals surface area contributed by atoms with E-state index in [0.717, 1.165) is 5.56 Å². The molecule has 1 rings (SSSR count). The monoisotopic (exact) mass is 180 g/mol. The Morgan fingerprint density at radius 2 is 1.77 bits per heavy atom. The largest absolute Gasteiger partial charge is 0.367 e. The number of rotatable bonds is 3. The molecule has 1 unspecified atom stereocenters. The highest BCUT2D eigenvalue weighted by atomic mass is 16.5. The summed E-state index contributed by atoms with van der Waals surface area (Å²) in [4.78, 5) is 10.5. The molecular weight excluding hydrogens is 168 g/mol. The lowest BCUT2D eigenvalue weighted by Crippen LogP contribution is -2.18. The van der Waals surface area contributed by atoms with Crippen LogP contribution in [0.2, 0.25) is 0 Å². The Kier molecular flexibility index (Phi) is 3.17. The maximum absolute atomic E-state index is 10.5. The van der Waals surface area contributed by atoms with Gasteiger partial charge in [0.05, 0.1) is 5.92 Å². The summed E-state index contributed by atoms with van der Waals surface area (Å²) < 4.78 is 0. The van der Waals surface area contributed by atoms with Crippen LogP contribution in [0.4, 0.5) is 0 Å². The fourth-order valence-corrected chi connectivity index (χ4v) is 1.11. The number of aliphatic hydroxyl groups is 2. The number of carbonyl (C=O) groups excluding carboxylic acids is 1. The SMILES string of the molecule is Cc1ccc(C(C=O)C(O)O)cc1. The molecule has 0 aliphatic heterocycles. The second-order valence-electron chi connectivity index (χ2n) is 2.99. The second-order valence-corrected chi connectivity index (χ2v) is 2.99. The molecule has 3 heteroatoms. The Labute approximate surface area is 76.6 Å². The summed E-state index contributed by atoms with van der Waals surface area (Å²) in [5.41, 5.74) is 1.69. The molecule has 0 heterocycles. The normalized spacial score (nSPS) is 12.9. The fourth-order valence-electron chi connectivity index (χ4n) is 1.11. The van der Waals surface area contributed by atoms with E-state index < -0.39 is 12.2 Å².